The Morgan fingerprint density at radius 2 is 1.85 bits per heavy atom. The van der Waals surface area contributed by atoms with Gasteiger partial charge >= 0.3 is 0 Å². The van der Waals surface area contributed by atoms with Crippen LogP contribution in [0.5, 0.6) is 0 Å². The molecule has 2 fully saturated rings. The van der Waals surface area contributed by atoms with E-state index in [1.807, 2.05) is 24.0 Å². The molecule has 5 rings (SSSR count). The number of amidine groups is 1. The summed E-state index contributed by atoms with van der Waals surface area (Å²) >= 11 is 1.88. The highest BCUT2D eigenvalue weighted by atomic mass is 32.2. The first-order valence-corrected chi connectivity index (χ1v) is 11.0. The molecule has 2 aromatic rings. The summed E-state index contributed by atoms with van der Waals surface area (Å²) in [5.41, 5.74) is 6.74. The van der Waals surface area contributed by atoms with Crippen molar-refractivity contribution in [1.82, 2.24) is 9.88 Å². The average Bonchev–Trinajstić information content (AvgIpc) is 3.42. The van der Waals surface area contributed by atoms with E-state index in [-0.39, 0.29) is 12.1 Å². The molecule has 27 heavy (non-hydrogen) atoms. The minimum atomic E-state index is 0.0877. The van der Waals surface area contributed by atoms with Crippen LogP contribution >= 0.6 is 11.8 Å². The maximum absolute atomic E-state index is 5.08. The molecule has 140 valence electrons. The van der Waals surface area contributed by atoms with E-state index in [0.29, 0.717) is 0 Å². The Hall–Kier alpha value is -2.01. The minimum Gasteiger partial charge on any atom is -0.371 e. The van der Waals surface area contributed by atoms with Crippen LogP contribution < -0.4 is 4.90 Å². The normalized spacial score (nSPS) is 24.4. The number of anilines is 1. The van der Waals surface area contributed by atoms with Crippen molar-refractivity contribution < 1.29 is 0 Å². The third kappa shape index (κ3) is 2.83. The van der Waals surface area contributed by atoms with Crippen LogP contribution in [0.15, 0.2) is 41.5 Å². The Labute approximate surface area is 165 Å². The van der Waals surface area contributed by atoms with Crippen molar-refractivity contribution in [3.63, 3.8) is 0 Å². The maximum atomic E-state index is 5.08. The number of aromatic nitrogens is 1. The predicted molar refractivity (Wildman–Crippen MR) is 114 cm³/mol. The van der Waals surface area contributed by atoms with Gasteiger partial charge in [-0.1, -0.05) is 23.9 Å². The topological polar surface area (TPSA) is 31.7 Å². The number of fused-ring (bicyclic) bond motifs is 1. The molecule has 1 aromatic carbocycles. The summed E-state index contributed by atoms with van der Waals surface area (Å²) < 4.78 is 0. The smallest absolute Gasteiger partial charge is 0.160 e. The van der Waals surface area contributed by atoms with Crippen LogP contribution in [-0.4, -0.2) is 40.4 Å². The van der Waals surface area contributed by atoms with E-state index in [9.17, 15) is 0 Å². The molecule has 5 heteroatoms. The van der Waals surface area contributed by atoms with Crippen molar-refractivity contribution in [2.24, 2.45) is 4.99 Å². The summed E-state index contributed by atoms with van der Waals surface area (Å²) in [4.78, 5) is 14.8. The molecule has 2 atom stereocenters. The van der Waals surface area contributed by atoms with E-state index in [4.69, 9.17) is 4.99 Å². The van der Waals surface area contributed by atoms with E-state index in [2.05, 4.69) is 52.9 Å². The van der Waals surface area contributed by atoms with Gasteiger partial charge in [-0.2, -0.15) is 0 Å². The number of pyridine rings is 1. The van der Waals surface area contributed by atoms with E-state index in [1.54, 1.807) is 0 Å². The molecule has 1 aromatic heterocycles. The number of aliphatic imine (C=N–C) groups is 1. The molecule has 0 aliphatic carbocycles. The third-order valence-electron chi connectivity index (χ3n) is 6.25. The highest BCUT2D eigenvalue weighted by molar-refractivity contribution is 8.14. The quantitative estimate of drug-likeness (QED) is 0.787. The van der Waals surface area contributed by atoms with Crippen LogP contribution in [0.3, 0.4) is 0 Å². The highest BCUT2D eigenvalue weighted by Crippen LogP contribution is 2.47. The first-order chi connectivity index (χ1) is 13.2. The predicted octanol–water partition coefficient (Wildman–Crippen LogP) is 4.50. The molecule has 0 saturated carbocycles. The van der Waals surface area contributed by atoms with Crippen molar-refractivity contribution >= 4 is 22.6 Å². The lowest BCUT2D eigenvalue weighted by atomic mass is 9.90. The van der Waals surface area contributed by atoms with Gasteiger partial charge in [0.05, 0.1) is 11.7 Å². The van der Waals surface area contributed by atoms with Gasteiger partial charge < -0.3 is 9.80 Å². The van der Waals surface area contributed by atoms with Gasteiger partial charge in [0.15, 0.2) is 5.17 Å². The molecule has 4 nitrogen and oxygen atoms in total. The van der Waals surface area contributed by atoms with Crippen molar-refractivity contribution in [3.05, 3.63) is 58.9 Å². The molecule has 3 aliphatic heterocycles. The number of benzene rings is 1. The monoisotopic (exact) mass is 378 g/mol. The average molecular weight is 379 g/mol. The third-order valence-corrected chi connectivity index (χ3v) is 7.23. The number of hydrogen-bond donors (Lipinski definition) is 0. The summed E-state index contributed by atoms with van der Waals surface area (Å²) in [5, 5.41) is 1.19. The highest BCUT2D eigenvalue weighted by Gasteiger charge is 2.42. The van der Waals surface area contributed by atoms with E-state index >= 15 is 0 Å². The fraction of sp³-hybridized carbons (Fsp3) is 0.455. The van der Waals surface area contributed by atoms with Gasteiger partial charge in [-0.25, -0.2) is 0 Å². The summed E-state index contributed by atoms with van der Waals surface area (Å²) in [6.45, 7) is 8.04. The van der Waals surface area contributed by atoms with Crippen molar-refractivity contribution in [3.8, 4) is 0 Å². The van der Waals surface area contributed by atoms with E-state index < -0.39 is 0 Å². The number of nitrogens with zero attached hydrogens (tertiary/aromatic N) is 4. The van der Waals surface area contributed by atoms with Gasteiger partial charge in [0.2, 0.25) is 0 Å². The first kappa shape index (κ1) is 17.1. The molecule has 0 bridgehead atoms. The summed E-state index contributed by atoms with van der Waals surface area (Å²) in [5.74, 6) is 1.13. The lowest BCUT2D eigenvalue weighted by molar-refractivity contribution is 0.331. The second kappa shape index (κ2) is 6.86. The zero-order valence-electron chi connectivity index (χ0n) is 16.1. The molecule has 0 N–H and O–H groups in total. The Kier molecular flexibility index (Phi) is 4.35. The molecule has 4 heterocycles. The van der Waals surface area contributed by atoms with Crippen LogP contribution in [0, 0.1) is 13.8 Å². The molecule has 2 saturated heterocycles. The van der Waals surface area contributed by atoms with Gasteiger partial charge in [0, 0.05) is 37.3 Å². The van der Waals surface area contributed by atoms with Gasteiger partial charge in [0.25, 0.3) is 0 Å². The number of hydrogen-bond acceptors (Lipinski definition) is 5. The second-order valence-electron chi connectivity index (χ2n) is 7.72. The summed E-state index contributed by atoms with van der Waals surface area (Å²) in [6, 6.07) is 11.2. The van der Waals surface area contributed by atoms with Gasteiger partial charge in [-0.3, -0.25) is 9.98 Å². The molecule has 0 unspecified atom stereocenters. The second-order valence-corrected chi connectivity index (χ2v) is 8.78. The van der Waals surface area contributed by atoms with Gasteiger partial charge in [-0.05, 0) is 61.6 Å². The number of thioether (sulfide) groups is 1. The zero-order chi connectivity index (χ0) is 18.4. The van der Waals surface area contributed by atoms with Crippen molar-refractivity contribution in [2.75, 3.05) is 30.3 Å². The Bertz CT molecular complexity index is 873. The summed E-state index contributed by atoms with van der Waals surface area (Å²) in [7, 11) is 0. The molecule has 3 aliphatic rings. The Morgan fingerprint density at radius 3 is 2.63 bits per heavy atom. The van der Waals surface area contributed by atoms with Crippen LogP contribution in [0.4, 0.5) is 5.69 Å². The SMILES string of the molecule is Cc1c([C@@H]2[C@@H](c3ccccn3)N=C3SCCN32)ccc(N2CCCC2)c1C. The fourth-order valence-electron chi connectivity index (χ4n) is 4.71. The number of rotatable bonds is 3. The molecule has 0 radical (unpaired) electrons. The van der Waals surface area contributed by atoms with Crippen LogP contribution in [0.2, 0.25) is 0 Å². The van der Waals surface area contributed by atoms with Crippen molar-refractivity contribution in [1.29, 1.82) is 0 Å². The summed E-state index contributed by atoms with van der Waals surface area (Å²) in [6.07, 6.45) is 4.51. The minimum absolute atomic E-state index is 0.0877. The van der Waals surface area contributed by atoms with Crippen LogP contribution in [0.25, 0.3) is 0 Å². The molecular formula is C22H26N4S. The Morgan fingerprint density at radius 1 is 1.00 bits per heavy atom. The molecule has 0 spiro atoms. The van der Waals surface area contributed by atoms with E-state index in [1.165, 1.54) is 53.5 Å². The van der Waals surface area contributed by atoms with Crippen LogP contribution in [-0.2, 0) is 0 Å². The van der Waals surface area contributed by atoms with Gasteiger partial charge in [-0.15, -0.1) is 0 Å². The first-order valence-electron chi connectivity index (χ1n) is 9.97. The van der Waals surface area contributed by atoms with Crippen LogP contribution in [0.1, 0.15) is 47.3 Å². The zero-order valence-corrected chi connectivity index (χ0v) is 16.9. The lowest BCUT2D eigenvalue weighted by Gasteiger charge is -2.30. The molecular weight excluding hydrogens is 352 g/mol. The van der Waals surface area contributed by atoms with E-state index in [0.717, 1.165) is 18.0 Å². The largest absolute Gasteiger partial charge is 0.371 e. The molecule has 0 amide bonds. The maximum Gasteiger partial charge on any atom is 0.160 e. The lowest BCUT2D eigenvalue weighted by Crippen LogP contribution is -2.28. The Balaban J connectivity index is 1.56. The van der Waals surface area contributed by atoms with Gasteiger partial charge in [0.1, 0.15) is 6.04 Å². The standard InChI is InChI=1S/C22H26N4S/c1-15-16(2)19(25-11-5-6-12-25)9-8-17(15)21-20(18-7-3-4-10-23-18)24-22-26(21)13-14-27-22/h3-4,7-10,20-21H,5-6,11-14H2,1-2H3/t20-,21-/m1/s1. The fourth-order valence-corrected chi connectivity index (χ4v) is 5.74. The van der Waals surface area contributed by atoms with Crippen molar-refractivity contribution in [2.45, 2.75) is 38.8 Å².